The predicted molar refractivity (Wildman–Crippen MR) is 80.0 cm³/mol. The zero-order chi connectivity index (χ0) is 13.8. The Kier molecular flexibility index (Phi) is 4.27. The molecule has 0 aromatic heterocycles. The second-order valence-electron chi connectivity index (χ2n) is 6.12. The number of nitrogens with two attached hydrogens (primary N) is 1. The Morgan fingerprint density at radius 2 is 2.05 bits per heavy atom. The molecule has 20 heavy (non-hydrogen) atoms. The van der Waals surface area contributed by atoms with Crippen molar-refractivity contribution >= 4 is 0 Å². The van der Waals surface area contributed by atoms with Gasteiger partial charge in [-0.3, -0.25) is 0 Å². The van der Waals surface area contributed by atoms with E-state index in [1.54, 1.807) is 0 Å². The van der Waals surface area contributed by atoms with Gasteiger partial charge in [-0.15, -0.1) is 0 Å². The molecule has 1 atom stereocenters. The molecule has 2 N–H and O–H groups in total. The normalized spacial score (nSPS) is 24.9. The molecule has 2 fully saturated rings. The molecule has 1 aliphatic carbocycles. The van der Waals surface area contributed by atoms with Crippen LogP contribution in [-0.2, 0) is 11.2 Å². The van der Waals surface area contributed by atoms with Gasteiger partial charge in [-0.25, -0.2) is 0 Å². The highest BCUT2D eigenvalue weighted by Crippen LogP contribution is 2.41. The van der Waals surface area contributed by atoms with E-state index in [4.69, 9.17) is 15.2 Å². The molecule has 0 amide bonds. The molecule has 0 bridgehead atoms. The zero-order valence-corrected chi connectivity index (χ0v) is 12.1. The Bertz CT molecular complexity index is 440. The molecule has 1 aromatic carbocycles. The van der Waals surface area contributed by atoms with E-state index in [0.717, 1.165) is 31.6 Å². The smallest absolute Gasteiger partial charge is 0.122 e. The molecule has 2 aliphatic rings. The number of hydrogen-bond acceptors (Lipinski definition) is 3. The maximum Gasteiger partial charge on any atom is 0.122 e. The fourth-order valence-electron chi connectivity index (χ4n) is 3.61. The lowest BCUT2D eigenvalue weighted by atomic mass is 9.90. The van der Waals surface area contributed by atoms with Gasteiger partial charge in [0.05, 0.1) is 12.2 Å². The van der Waals surface area contributed by atoms with Crippen LogP contribution in [0.4, 0.5) is 0 Å². The first kappa shape index (κ1) is 13.9. The van der Waals surface area contributed by atoms with Gasteiger partial charge in [-0.2, -0.15) is 0 Å². The highest BCUT2D eigenvalue weighted by molar-refractivity contribution is 5.33. The molecule has 1 aliphatic heterocycles. The summed E-state index contributed by atoms with van der Waals surface area (Å²) in [6.07, 6.45) is 8.23. The summed E-state index contributed by atoms with van der Waals surface area (Å²) in [5.41, 5.74) is 7.02. The van der Waals surface area contributed by atoms with E-state index in [0.29, 0.717) is 12.6 Å². The minimum Gasteiger partial charge on any atom is -0.490 e. The van der Waals surface area contributed by atoms with E-state index >= 15 is 0 Å². The molecule has 110 valence electrons. The van der Waals surface area contributed by atoms with Crippen LogP contribution >= 0.6 is 0 Å². The highest BCUT2D eigenvalue weighted by atomic mass is 16.5. The van der Waals surface area contributed by atoms with Crippen LogP contribution in [0.2, 0.25) is 0 Å². The van der Waals surface area contributed by atoms with Gasteiger partial charge < -0.3 is 15.2 Å². The van der Waals surface area contributed by atoms with Crippen LogP contribution in [0, 0.1) is 0 Å². The summed E-state index contributed by atoms with van der Waals surface area (Å²) < 4.78 is 12.4. The van der Waals surface area contributed by atoms with Crippen molar-refractivity contribution < 1.29 is 9.47 Å². The van der Waals surface area contributed by atoms with E-state index < -0.39 is 0 Å². The van der Waals surface area contributed by atoms with Crippen molar-refractivity contribution in [3.63, 3.8) is 0 Å². The minimum atomic E-state index is 0.117. The Balaban J connectivity index is 1.68. The van der Waals surface area contributed by atoms with Gasteiger partial charge in [0, 0.05) is 12.8 Å². The lowest BCUT2D eigenvalue weighted by Gasteiger charge is -2.38. The van der Waals surface area contributed by atoms with E-state index in [1.807, 2.05) is 6.07 Å². The molecular formula is C17H25NO2. The maximum atomic E-state index is 6.29. The van der Waals surface area contributed by atoms with Gasteiger partial charge in [0.2, 0.25) is 0 Å². The summed E-state index contributed by atoms with van der Waals surface area (Å²) in [4.78, 5) is 0. The number of rotatable bonds is 4. The molecule has 1 unspecified atom stereocenters. The quantitative estimate of drug-likeness (QED) is 0.918. The highest BCUT2D eigenvalue weighted by Gasteiger charge is 2.40. The van der Waals surface area contributed by atoms with Crippen molar-refractivity contribution in [3.05, 3.63) is 29.8 Å². The largest absolute Gasteiger partial charge is 0.490 e. The molecule has 0 radical (unpaired) electrons. The standard InChI is InChI=1S/C17H25NO2/c18-11-7-14-5-1-2-6-16(14)20-15-8-12-19-17(13-15)9-3-4-10-17/h1-2,5-6,15H,3-4,7-13,18H2. The van der Waals surface area contributed by atoms with E-state index in [1.165, 1.54) is 31.2 Å². The number of hydrogen-bond donors (Lipinski definition) is 1. The number of benzene rings is 1. The van der Waals surface area contributed by atoms with Crippen LogP contribution in [0.5, 0.6) is 5.75 Å². The predicted octanol–water partition coefficient (Wildman–Crippen LogP) is 3.06. The summed E-state index contributed by atoms with van der Waals surface area (Å²) >= 11 is 0. The summed E-state index contributed by atoms with van der Waals surface area (Å²) in [6, 6.07) is 8.29. The van der Waals surface area contributed by atoms with E-state index in [9.17, 15) is 0 Å². The van der Waals surface area contributed by atoms with Crippen molar-refractivity contribution in [2.24, 2.45) is 5.73 Å². The topological polar surface area (TPSA) is 44.5 Å². The first-order valence-corrected chi connectivity index (χ1v) is 7.90. The second kappa shape index (κ2) is 6.15. The molecular weight excluding hydrogens is 250 g/mol. The van der Waals surface area contributed by atoms with E-state index in [-0.39, 0.29) is 5.60 Å². The van der Waals surface area contributed by atoms with Crippen molar-refractivity contribution in [1.29, 1.82) is 0 Å². The van der Waals surface area contributed by atoms with Gasteiger partial charge in [0.25, 0.3) is 0 Å². The maximum absolute atomic E-state index is 6.29. The number of ether oxygens (including phenoxy) is 2. The summed E-state index contributed by atoms with van der Waals surface area (Å²) in [6.45, 7) is 1.50. The molecule has 3 rings (SSSR count). The fraction of sp³-hybridized carbons (Fsp3) is 0.647. The zero-order valence-electron chi connectivity index (χ0n) is 12.1. The average Bonchev–Trinajstić information content (AvgIpc) is 2.89. The van der Waals surface area contributed by atoms with Crippen LogP contribution in [-0.4, -0.2) is 24.9 Å². The van der Waals surface area contributed by atoms with Gasteiger partial charge in [0.15, 0.2) is 0 Å². The number of para-hydroxylation sites is 1. The van der Waals surface area contributed by atoms with Gasteiger partial charge in [-0.1, -0.05) is 31.0 Å². The van der Waals surface area contributed by atoms with Crippen molar-refractivity contribution in [2.75, 3.05) is 13.2 Å². The molecule has 1 aromatic rings. The van der Waals surface area contributed by atoms with Gasteiger partial charge in [-0.05, 0) is 37.4 Å². The van der Waals surface area contributed by atoms with Crippen LogP contribution in [0.15, 0.2) is 24.3 Å². The first-order chi connectivity index (χ1) is 9.81. The van der Waals surface area contributed by atoms with Gasteiger partial charge >= 0.3 is 0 Å². The molecule has 3 heteroatoms. The third kappa shape index (κ3) is 2.99. The monoisotopic (exact) mass is 275 g/mol. The third-order valence-electron chi connectivity index (χ3n) is 4.64. The van der Waals surface area contributed by atoms with Crippen LogP contribution in [0.25, 0.3) is 0 Å². The van der Waals surface area contributed by atoms with E-state index in [2.05, 4.69) is 18.2 Å². The molecule has 1 heterocycles. The molecule has 1 spiro atoms. The van der Waals surface area contributed by atoms with Crippen LogP contribution < -0.4 is 10.5 Å². The first-order valence-electron chi connectivity index (χ1n) is 7.90. The Labute approximate surface area is 121 Å². The molecule has 3 nitrogen and oxygen atoms in total. The van der Waals surface area contributed by atoms with Gasteiger partial charge in [0.1, 0.15) is 11.9 Å². The average molecular weight is 275 g/mol. The Morgan fingerprint density at radius 3 is 2.85 bits per heavy atom. The second-order valence-corrected chi connectivity index (χ2v) is 6.12. The minimum absolute atomic E-state index is 0.117. The summed E-state index contributed by atoms with van der Waals surface area (Å²) in [7, 11) is 0. The molecule has 1 saturated carbocycles. The summed E-state index contributed by atoms with van der Waals surface area (Å²) in [5, 5.41) is 0. The van der Waals surface area contributed by atoms with Crippen molar-refractivity contribution in [2.45, 2.75) is 56.7 Å². The van der Waals surface area contributed by atoms with Crippen LogP contribution in [0.3, 0.4) is 0 Å². The summed E-state index contributed by atoms with van der Waals surface area (Å²) in [5.74, 6) is 1.01. The Morgan fingerprint density at radius 1 is 1.25 bits per heavy atom. The third-order valence-corrected chi connectivity index (χ3v) is 4.64. The van der Waals surface area contributed by atoms with Crippen LogP contribution in [0.1, 0.15) is 44.1 Å². The molecule has 1 saturated heterocycles. The SMILES string of the molecule is NCCc1ccccc1OC1CCOC2(CCCC2)C1. The lowest BCUT2D eigenvalue weighted by Crippen LogP contribution is -2.41. The fourth-order valence-corrected chi connectivity index (χ4v) is 3.61. The lowest BCUT2D eigenvalue weighted by molar-refractivity contribution is -0.108. The van der Waals surface area contributed by atoms with Crippen molar-refractivity contribution in [3.8, 4) is 5.75 Å². The Hall–Kier alpha value is -1.06. The van der Waals surface area contributed by atoms with Crippen molar-refractivity contribution in [1.82, 2.24) is 0 Å².